The molecule has 0 aliphatic heterocycles. The van der Waals surface area contributed by atoms with E-state index in [-0.39, 0.29) is 10.6 Å². The minimum Gasteiger partial charge on any atom is -0.465 e. The molecular formula is C18H13NO4. The van der Waals surface area contributed by atoms with Crippen molar-refractivity contribution in [1.29, 1.82) is 0 Å². The lowest BCUT2D eigenvalue weighted by atomic mass is 9.97. The third-order valence-electron chi connectivity index (χ3n) is 3.68. The van der Waals surface area contributed by atoms with Gasteiger partial charge in [-0.1, -0.05) is 36.4 Å². The van der Waals surface area contributed by atoms with Crippen LogP contribution in [0.15, 0.2) is 60.7 Å². The highest BCUT2D eigenvalue weighted by Crippen LogP contribution is 2.36. The number of hydrogen-bond acceptors (Lipinski definition) is 4. The molecule has 114 valence electrons. The zero-order valence-electron chi connectivity index (χ0n) is 12.4. The van der Waals surface area contributed by atoms with Crippen LogP contribution in [0.5, 0.6) is 0 Å². The minimum absolute atomic E-state index is 0.0325. The van der Waals surface area contributed by atoms with Crippen LogP contribution < -0.4 is 0 Å². The largest absolute Gasteiger partial charge is 0.465 e. The second-order valence-corrected chi connectivity index (χ2v) is 5.01. The van der Waals surface area contributed by atoms with Crippen molar-refractivity contribution in [1.82, 2.24) is 0 Å². The van der Waals surface area contributed by atoms with E-state index in [0.717, 1.165) is 5.56 Å². The fourth-order valence-electron chi connectivity index (χ4n) is 2.61. The molecule has 3 rings (SSSR count). The highest BCUT2D eigenvalue weighted by molar-refractivity contribution is 6.02. The van der Waals surface area contributed by atoms with Crippen LogP contribution in [-0.2, 0) is 4.74 Å². The third kappa shape index (κ3) is 2.64. The van der Waals surface area contributed by atoms with E-state index in [2.05, 4.69) is 4.74 Å². The number of hydrogen-bond donors (Lipinski definition) is 0. The lowest BCUT2D eigenvalue weighted by Crippen LogP contribution is -2.01. The lowest BCUT2D eigenvalue weighted by molar-refractivity contribution is -0.382. The molecule has 3 aromatic rings. The Bertz CT molecular complexity index is 904. The van der Waals surface area contributed by atoms with Gasteiger partial charge in [-0.15, -0.1) is 0 Å². The Balaban J connectivity index is 2.27. The predicted octanol–water partition coefficient (Wildman–Crippen LogP) is 4.20. The zero-order chi connectivity index (χ0) is 16.4. The van der Waals surface area contributed by atoms with Crippen molar-refractivity contribution in [3.05, 3.63) is 76.3 Å². The van der Waals surface area contributed by atoms with Gasteiger partial charge in [-0.2, -0.15) is 0 Å². The SMILES string of the molecule is COC(=O)c1ccc2c([N+](=O)[O-])c(-c3ccccc3)ccc2c1. The van der Waals surface area contributed by atoms with Gasteiger partial charge in [0.25, 0.3) is 5.69 Å². The highest BCUT2D eigenvalue weighted by Gasteiger charge is 2.20. The van der Waals surface area contributed by atoms with Gasteiger partial charge in [0, 0.05) is 0 Å². The number of methoxy groups -OCH3 is 1. The first kappa shape index (κ1) is 14.7. The number of carbonyl (C=O) groups excluding carboxylic acids is 1. The van der Waals surface area contributed by atoms with Crippen molar-refractivity contribution < 1.29 is 14.5 Å². The third-order valence-corrected chi connectivity index (χ3v) is 3.68. The Morgan fingerprint density at radius 2 is 1.78 bits per heavy atom. The molecule has 3 aromatic carbocycles. The molecule has 0 bridgehead atoms. The summed E-state index contributed by atoms with van der Waals surface area (Å²) in [5.74, 6) is -0.471. The second kappa shape index (κ2) is 5.88. The first-order valence-electron chi connectivity index (χ1n) is 6.96. The molecule has 0 saturated carbocycles. The number of ether oxygens (including phenoxy) is 1. The Kier molecular flexibility index (Phi) is 3.76. The fraction of sp³-hybridized carbons (Fsp3) is 0.0556. The Morgan fingerprint density at radius 3 is 2.43 bits per heavy atom. The normalized spacial score (nSPS) is 10.5. The van der Waals surface area contributed by atoms with Gasteiger partial charge in [0.15, 0.2) is 0 Å². The second-order valence-electron chi connectivity index (χ2n) is 5.01. The number of nitro groups is 1. The molecule has 0 atom stereocenters. The van der Waals surface area contributed by atoms with Gasteiger partial charge >= 0.3 is 5.97 Å². The molecule has 0 unspecified atom stereocenters. The monoisotopic (exact) mass is 307 g/mol. The average Bonchev–Trinajstić information content (AvgIpc) is 2.60. The summed E-state index contributed by atoms with van der Waals surface area (Å²) in [6.45, 7) is 0. The summed E-state index contributed by atoms with van der Waals surface area (Å²) in [5.41, 5.74) is 1.72. The minimum atomic E-state index is -0.471. The first-order valence-corrected chi connectivity index (χ1v) is 6.96. The molecule has 0 amide bonds. The molecule has 0 aromatic heterocycles. The maximum absolute atomic E-state index is 11.6. The van der Waals surface area contributed by atoms with Crippen LogP contribution in [0, 0.1) is 10.1 Å². The van der Waals surface area contributed by atoms with Crippen LogP contribution in [0.1, 0.15) is 10.4 Å². The van der Waals surface area contributed by atoms with Crippen molar-refractivity contribution >= 4 is 22.4 Å². The first-order chi connectivity index (χ1) is 11.1. The van der Waals surface area contributed by atoms with Crippen molar-refractivity contribution in [3.63, 3.8) is 0 Å². The molecule has 0 saturated heterocycles. The van der Waals surface area contributed by atoms with Gasteiger partial charge in [-0.3, -0.25) is 10.1 Å². The topological polar surface area (TPSA) is 69.4 Å². The smallest absolute Gasteiger partial charge is 0.337 e. The van der Waals surface area contributed by atoms with Gasteiger partial charge in [-0.25, -0.2) is 4.79 Å². The van der Waals surface area contributed by atoms with Gasteiger partial charge in [-0.05, 0) is 35.2 Å². The van der Waals surface area contributed by atoms with Crippen LogP contribution in [0.25, 0.3) is 21.9 Å². The number of esters is 1. The van der Waals surface area contributed by atoms with E-state index in [1.165, 1.54) is 13.2 Å². The number of benzene rings is 3. The van der Waals surface area contributed by atoms with Crippen LogP contribution >= 0.6 is 0 Å². The summed E-state index contributed by atoms with van der Waals surface area (Å²) < 4.78 is 4.68. The van der Waals surface area contributed by atoms with Gasteiger partial charge in [0.05, 0.1) is 28.5 Å². The Hall–Kier alpha value is -3.21. The maximum atomic E-state index is 11.6. The number of fused-ring (bicyclic) bond motifs is 1. The molecule has 0 spiro atoms. The molecule has 5 nitrogen and oxygen atoms in total. The van der Waals surface area contributed by atoms with E-state index < -0.39 is 5.97 Å². The summed E-state index contributed by atoms with van der Waals surface area (Å²) in [5, 5.41) is 12.7. The Labute approximate surface area is 132 Å². The summed E-state index contributed by atoms with van der Waals surface area (Å²) in [4.78, 5) is 22.8. The van der Waals surface area contributed by atoms with Crippen LogP contribution in [0.2, 0.25) is 0 Å². The lowest BCUT2D eigenvalue weighted by Gasteiger charge is -2.08. The van der Waals surface area contributed by atoms with Crippen molar-refractivity contribution in [2.24, 2.45) is 0 Å². The van der Waals surface area contributed by atoms with Crippen LogP contribution in [-0.4, -0.2) is 18.0 Å². The number of nitrogens with zero attached hydrogens (tertiary/aromatic N) is 1. The van der Waals surface area contributed by atoms with Crippen LogP contribution in [0.3, 0.4) is 0 Å². The molecular weight excluding hydrogens is 294 g/mol. The Morgan fingerprint density at radius 1 is 1.04 bits per heavy atom. The molecule has 5 heteroatoms. The van der Waals surface area contributed by atoms with E-state index >= 15 is 0 Å². The maximum Gasteiger partial charge on any atom is 0.337 e. The van der Waals surface area contributed by atoms with Crippen molar-refractivity contribution in [2.75, 3.05) is 7.11 Å². The standard InChI is InChI=1S/C18H13NO4/c1-23-18(20)14-8-10-16-13(11-14)7-9-15(17(16)19(21)22)12-5-3-2-4-6-12/h2-11H,1H3. The molecule has 23 heavy (non-hydrogen) atoms. The van der Waals surface area contributed by atoms with E-state index in [1.54, 1.807) is 24.3 Å². The average molecular weight is 307 g/mol. The van der Waals surface area contributed by atoms with Crippen molar-refractivity contribution in [2.45, 2.75) is 0 Å². The number of nitro benzene ring substituents is 1. The number of carbonyl (C=O) groups is 1. The summed E-state index contributed by atoms with van der Waals surface area (Å²) in [7, 11) is 1.30. The summed E-state index contributed by atoms with van der Waals surface area (Å²) in [6, 6.07) is 17.4. The van der Waals surface area contributed by atoms with Gasteiger partial charge in [0.1, 0.15) is 0 Å². The van der Waals surface area contributed by atoms with Gasteiger partial charge < -0.3 is 4.74 Å². The van der Waals surface area contributed by atoms with Crippen LogP contribution in [0.4, 0.5) is 5.69 Å². The van der Waals surface area contributed by atoms with E-state index in [4.69, 9.17) is 0 Å². The van der Waals surface area contributed by atoms with E-state index in [1.807, 2.05) is 30.3 Å². The molecule has 0 fully saturated rings. The van der Waals surface area contributed by atoms with Crippen molar-refractivity contribution in [3.8, 4) is 11.1 Å². The molecule has 0 radical (unpaired) electrons. The molecule has 0 N–H and O–H groups in total. The fourth-order valence-corrected chi connectivity index (χ4v) is 2.61. The predicted molar refractivity (Wildman–Crippen MR) is 87.4 cm³/mol. The van der Waals surface area contributed by atoms with Gasteiger partial charge in [0.2, 0.25) is 0 Å². The zero-order valence-corrected chi connectivity index (χ0v) is 12.4. The van der Waals surface area contributed by atoms with E-state index in [9.17, 15) is 14.9 Å². The molecule has 0 aliphatic rings. The highest BCUT2D eigenvalue weighted by atomic mass is 16.6. The number of rotatable bonds is 3. The summed E-state index contributed by atoms with van der Waals surface area (Å²) in [6.07, 6.45) is 0. The van der Waals surface area contributed by atoms with E-state index in [0.29, 0.717) is 21.9 Å². The molecule has 0 aliphatic carbocycles. The quantitative estimate of drug-likeness (QED) is 0.413. The molecule has 0 heterocycles. The summed E-state index contributed by atoms with van der Waals surface area (Å²) >= 11 is 0.